The van der Waals surface area contributed by atoms with Gasteiger partial charge >= 0.3 is 0 Å². The Morgan fingerprint density at radius 1 is 1.50 bits per heavy atom. The van der Waals surface area contributed by atoms with Crippen LogP contribution < -0.4 is 5.32 Å². The van der Waals surface area contributed by atoms with Crippen LogP contribution in [0.4, 0.5) is 0 Å². The molecular formula is C8H11NS. The van der Waals surface area contributed by atoms with Gasteiger partial charge < -0.3 is 5.32 Å². The van der Waals surface area contributed by atoms with Crippen molar-refractivity contribution in [2.45, 2.75) is 11.4 Å². The molecule has 0 fully saturated rings. The lowest BCUT2D eigenvalue weighted by atomic mass is 10.2. The molecule has 0 bridgehead atoms. The molecule has 0 amide bonds. The first kappa shape index (κ1) is 7.63. The van der Waals surface area contributed by atoms with E-state index < -0.39 is 0 Å². The fourth-order valence-corrected chi connectivity index (χ4v) is 1.12. The van der Waals surface area contributed by atoms with E-state index in [0.717, 1.165) is 11.4 Å². The fourth-order valence-electron chi connectivity index (χ4n) is 0.871. The second-order valence-corrected chi connectivity index (χ2v) is 2.72. The molecule has 0 aliphatic carbocycles. The van der Waals surface area contributed by atoms with E-state index in [1.54, 1.807) is 0 Å². The van der Waals surface area contributed by atoms with Crippen molar-refractivity contribution in [3.8, 4) is 0 Å². The van der Waals surface area contributed by atoms with Gasteiger partial charge in [-0.15, -0.1) is 12.6 Å². The van der Waals surface area contributed by atoms with Crippen molar-refractivity contribution in [3.63, 3.8) is 0 Å². The Kier molecular flexibility index (Phi) is 2.78. The second kappa shape index (κ2) is 3.64. The molecule has 0 heterocycles. The van der Waals surface area contributed by atoms with Crippen molar-refractivity contribution in [1.29, 1.82) is 0 Å². The number of hydrogen-bond donors (Lipinski definition) is 2. The van der Waals surface area contributed by atoms with Crippen molar-refractivity contribution in [2.75, 3.05) is 7.05 Å². The summed E-state index contributed by atoms with van der Waals surface area (Å²) in [7, 11) is 1.94. The van der Waals surface area contributed by atoms with Gasteiger partial charge in [0, 0.05) is 11.4 Å². The van der Waals surface area contributed by atoms with Gasteiger partial charge in [0.15, 0.2) is 0 Å². The van der Waals surface area contributed by atoms with Crippen LogP contribution in [0.25, 0.3) is 0 Å². The lowest BCUT2D eigenvalue weighted by Crippen LogP contribution is -2.04. The predicted octanol–water partition coefficient (Wildman–Crippen LogP) is 1.69. The largest absolute Gasteiger partial charge is 0.316 e. The monoisotopic (exact) mass is 153 g/mol. The third kappa shape index (κ3) is 2.05. The van der Waals surface area contributed by atoms with Gasteiger partial charge in [-0.1, -0.05) is 12.1 Å². The number of thiol groups is 1. The van der Waals surface area contributed by atoms with E-state index in [-0.39, 0.29) is 0 Å². The van der Waals surface area contributed by atoms with E-state index >= 15 is 0 Å². The third-order valence-corrected chi connectivity index (χ3v) is 1.57. The maximum Gasteiger partial charge on any atom is 0.0202 e. The Morgan fingerprint density at radius 3 is 2.90 bits per heavy atom. The minimum absolute atomic E-state index is 0.911. The number of benzene rings is 1. The lowest BCUT2D eigenvalue weighted by Gasteiger charge is -1.98. The maximum atomic E-state index is 4.22. The number of hydrogen-bond acceptors (Lipinski definition) is 2. The molecule has 0 aromatic heterocycles. The molecule has 1 nitrogen and oxygen atoms in total. The molecule has 1 aromatic carbocycles. The minimum Gasteiger partial charge on any atom is -0.316 e. The standard InChI is InChI=1S/C8H11NS/c1-9-6-7-3-2-4-8(10)5-7/h2-5,9-10H,6H2,1H3. The van der Waals surface area contributed by atoms with Gasteiger partial charge in [0.2, 0.25) is 0 Å². The van der Waals surface area contributed by atoms with Crippen molar-refractivity contribution in [1.82, 2.24) is 5.32 Å². The summed E-state index contributed by atoms with van der Waals surface area (Å²) in [4.78, 5) is 1.02. The summed E-state index contributed by atoms with van der Waals surface area (Å²) in [5, 5.41) is 3.08. The molecule has 0 aliphatic rings. The van der Waals surface area contributed by atoms with Gasteiger partial charge in [-0.05, 0) is 24.7 Å². The van der Waals surface area contributed by atoms with Crippen LogP contribution in [-0.2, 0) is 6.54 Å². The van der Waals surface area contributed by atoms with Gasteiger partial charge in [0.05, 0.1) is 0 Å². The van der Waals surface area contributed by atoms with Gasteiger partial charge in [0.25, 0.3) is 0 Å². The zero-order valence-electron chi connectivity index (χ0n) is 5.96. The average Bonchev–Trinajstić information content (AvgIpc) is 1.88. The Balaban J connectivity index is 2.75. The molecule has 1 rings (SSSR count). The zero-order valence-corrected chi connectivity index (χ0v) is 6.86. The highest BCUT2D eigenvalue weighted by Gasteiger charge is 1.88. The highest BCUT2D eigenvalue weighted by Crippen LogP contribution is 2.07. The van der Waals surface area contributed by atoms with Crippen LogP contribution >= 0.6 is 12.6 Å². The first-order chi connectivity index (χ1) is 4.83. The van der Waals surface area contributed by atoms with Crippen molar-refractivity contribution in [3.05, 3.63) is 29.8 Å². The lowest BCUT2D eigenvalue weighted by molar-refractivity contribution is 0.815. The molecule has 10 heavy (non-hydrogen) atoms. The van der Waals surface area contributed by atoms with Gasteiger partial charge in [-0.25, -0.2) is 0 Å². The van der Waals surface area contributed by atoms with Crippen LogP contribution in [0.1, 0.15) is 5.56 Å². The van der Waals surface area contributed by atoms with Crippen molar-refractivity contribution >= 4 is 12.6 Å². The van der Waals surface area contributed by atoms with E-state index in [2.05, 4.69) is 30.1 Å². The highest BCUT2D eigenvalue weighted by molar-refractivity contribution is 7.80. The molecule has 0 unspecified atom stereocenters. The van der Waals surface area contributed by atoms with E-state index in [9.17, 15) is 0 Å². The average molecular weight is 153 g/mol. The fraction of sp³-hybridized carbons (Fsp3) is 0.250. The third-order valence-electron chi connectivity index (χ3n) is 1.29. The summed E-state index contributed by atoms with van der Waals surface area (Å²) >= 11 is 4.22. The summed E-state index contributed by atoms with van der Waals surface area (Å²) in [6.07, 6.45) is 0. The molecule has 2 heteroatoms. The normalized spacial score (nSPS) is 9.80. The minimum atomic E-state index is 0.911. The van der Waals surface area contributed by atoms with Gasteiger partial charge in [-0.3, -0.25) is 0 Å². The van der Waals surface area contributed by atoms with Crippen molar-refractivity contribution < 1.29 is 0 Å². The first-order valence-corrected chi connectivity index (χ1v) is 3.70. The summed E-state index contributed by atoms with van der Waals surface area (Å²) in [6, 6.07) is 8.12. The number of nitrogens with one attached hydrogen (secondary N) is 1. The molecule has 54 valence electrons. The Hall–Kier alpha value is -0.470. The quantitative estimate of drug-likeness (QED) is 0.616. The Bertz CT molecular complexity index is 210. The van der Waals surface area contributed by atoms with Crippen LogP contribution in [0.3, 0.4) is 0 Å². The van der Waals surface area contributed by atoms with E-state index in [0.29, 0.717) is 0 Å². The molecule has 0 aliphatic heterocycles. The summed E-state index contributed by atoms with van der Waals surface area (Å²) in [5.74, 6) is 0. The summed E-state index contributed by atoms with van der Waals surface area (Å²) in [6.45, 7) is 0.911. The Labute approximate surface area is 66.9 Å². The van der Waals surface area contributed by atoms with E-state index in [1.165, 1.54) is 5.56 Å². The molecule has 1 N–H and O–H groups in total. The molecule has 1 aromatic rings. The molecule has 0 radical (unpaired) electrons. The maximum absolute atomic E-state index is 4.22. The smallest absolute Gasteiger partial charge is 0.0202 e. The molecule has 0 saturated carbocycles. The van der Waals surface area contributed by atoms with Crippen LogP contribution in [0.2, 0.25) is 0 Å². The van der Waals surface area contributed by atoms with Gasteiger partial charge in [-0.2, -0.15) is 0 Å². The second-order valence-electron chi connectivity index (χ2n) is 2.20. The van der Waals surface area contributed by atoms with Crippen LogP contribution in [0, 0.1) is 0 Å². The van der Waals surface area contributed by atoms with E-state index in [4.69, 9.17) is 0 Å². The molecule has 0 atom stereocenters. The molecule has 0 spiro atoms. The van der Waals surface area contributed by atoms with Crippen LogP contribution in [-0.4, -0.2) is 7.05 Å². The zero-order chi connectivity index (χ0) is 7.40. The SMILES string of the molecule is CNCc1cccc(S)c1. The Morgan fingerprint density at radius 2 is 2.30 bits per heavy atom. The highest BCUT2D eigenvalue weighted by atomic mass is 32.1. The first-order valence-electron chi connectivity index (χ1n) is 3.25. The number of rotatable bonds is 2. The van der Waals surface area contributed by atoms with Crippen molar-refractivity contribution in [2.24, 2.45) is 0 Å². The molecule has 0 saturated heterocycles. The summed E-state index contributed by atoms with van der Waals surface area (Å²) < 4.78 is 0. The van der Waals surface area contributed by atoms with Crippen LogP contribution in [0.5, 0.6) is 0 Å². The van der Waals surface area contributed by atoms with Crippen LogP contribution in [0.15, 0.2) is 29.2 Å². The predicted molar refractivity (Wildman–Crippen MR) is 46.5 cm³/mol. The van der Waals surface area contributed by atoms with Gasteiger partial charge in [0.1, 0.15) is 0 Å². The van der Waals surface area contributed by atoms with E-state index in [1.807, 2.05) is 19.2 Å². The molecular weight excluding hydrogens is 142 g/mol. The topological polar surface area (TPSA) is 12.0 Å². The summed E-state index contributed by atoms with van der Waals surface area (Å²) in [5.41, 5.74) is 1.27.